The minimum Gasteiger partial charge on any atom is -0.375 e. The number of carbonyl (C=O) groups excluding carboxylic acids is 2. The standard InChI is InChI=1S/C66H109N9O4.C2H6/c1-14-19-38-73(54(16-3)17-4)46-50(8)26-22-34-67-60(49(6)7)64(77)70-61(51(9)75-39-21-20-36-69-75)53(30-40-71-47-66(48-71)33-25-43-79-66)31-41-72(37-15-2)55-28-29-59-57(44-55)58(45-65(11,12)32-24-42-76)63(74(59)18-5)56-27-23-35-68-62(56)52(10)78-13;1-2/h23,27-30,35,40,42,44,49-50,52-54,60-61,67,69H,9,14-22,24-26,31-34,36-39,41,43,45-48H2,1-8,10-13H3,(H,70,77);1-2H3. The number of amides is 1. The number of rotatable bonds is 36. The van der Waals surface area contributed by atoms with E-state index < -0.39 is 0 Å². The lowest BCUT2D eigenvalue weighted by molar-refractivity contribution is -0.125. The fourth-order valence-electron chi connectivity index (χ4n) is 13.1. The molecule has 0 aliphatic carbocycles. The number of aromatic nitrogens is 2. The van der Waals surface area contributed by atoms with Gasteiger partial charge < -0.3 is 49.2 Å². The van der Waals surface area contributed by atoms with Gasteiger partial charge in [-0.3, -0.25) is 9.78 Å². The summed E-state index contributed by atoms with van der Waals surface area (Å²) in [5.74, 6) is 0.672. The lowest BCUT2D eigenvalue weighted by Gasteiger charge is -2.47. The van der Waals surface area contributed by atoms with Crippen molar-refractivity contribution < 1.29 is 19.1 Å². The fourth-order valence-corrected chi connectivity index (χ4v) is 13.1. The number of pyridine rings is 1. The van der Waals surface area contributed by atoms with Crippen LogP contribution in [0.4, 0.5) is 5.69 Å². The van der Waals surface area contributed by atoms with E-state index in [1.54, 1.807) is 7.11 Å². The van der Waals surface area contributed by atoms with E-state index in [4.69, 9.17) is 21.0 Å². The maximum atomic E-state index is 15.0. The van der Waals surface area contributed by atoms with Crippen molar-refractivity contribution in [2.75, 3.05) is 77.5 Å². The molecule has 81 heavy (non-hydrogen) atoms. The number of benzene rings is 1. The van der Waals surface area contributed by atoms with E-state index in [2.05, 4.69) is 153 Å². The Labute approximate surface area is 493 Å². The zero-order chi connectivity index (χ0) is 59.1. The summed E-state index contributed by atoms with van der Waals surface area (Å²) in [6.45, 7) is 43.6. The van der Waals surface area contributed by atoms with Gasteiger partial charge in [-0.1, -0.05) is 95.2 Å². The molecule has 3 fully saturated rings. The molecule has 0 radical (unpaired) electrons. The number of carbonyl (C=O) groups is 2. The number of anilines is 1. The maximum Gasteiger partial charge on any atom is 0.237 e. The number of nitrogens with zero attached hydrogens (tertiary/aromatic N) is 6. The third kappa shape index (κ3) is 18.6. The lowest BCUT2D eigenvalue weighted by atomic mass is 9.80. The molecule has 2 aromatic heterocycles. The number of hydrazine groups is 1. The highest BCUT2D eigenvalue weighted by atomic mass is 16.5. The van der Waals surface area contributed by atoms with Gasteiger partial charge in [0.05, 0.1) is 29.6 Å². The van der Waals surface area contributed by atoms with Gasteiger partial charge in [0.2, 0.25) is 5.91 Å². The number of hydrogen-bond acceptors (Lipinski definition) is 11. The molecule has 3 saturated heterocycles. The first-order valence-corrected chi connectivity index (χ1v) is 32.4. The summed E-state index contributed by atoms with van der Waals surface area (Å²) in [7, 11) is 1.75. The van der Waals surface area contributed by atoms with Crippen molar-refractivity contribution in [3.63, 3.8) is 0 Å². The third-order valence-electron chi connectivity index (χ3n) is 17.7. The SMILES string of the molecule is C=C(C(NC(=O)C(NCCCC(C)CN(CCCC)C(CC)CC)C(C)C)C(C=CN1CC2(CCCO2)C1)CCN(CCC)c1ccc2c(c1)c(CC(C)(C)CCC=O)c(-c1cccnc1C(C)OC)n2CC)N1CCCCN1.CC. The van der Waals surface area contributed by atoms with Crippen LogP contribution in [0.5, 0.6) is 0 Å². The lowest BCUT2D eigenvalue weighted by Crippen LogP contribution is -2.59. The second-order valence-corrected chi connectivity index (χ2v) is 24.9. The smallest absolute Gasteiger partial charge is 0.237 e. The first-order valence-electron chi connectivity index (χ1n) is 32.4. The minimum absolute atomic E-state index is 0.0269. The molecular weight excluding hydrogens is 1010 g/mol. The molecule has 6 rings (SSSR count). The maximum absolute atomic E-state index is 15.0. The third-order valence-corrected chi connectivity index (χ3v) is 17.7. The van der Waals surface area contributed by atoms with Crippen LogP contribution in [0.15, 0.2) is 61.1 Å². The largest absolute Gasteiger partial charge is 0.375 e. The van der Waals surface area contributed by atoms with Crippen LogP contribution >= 0.6 is 0 Å². The van der Waals surface area contributed by atoms with E-state index in [-0.39, 0.29) is 46.9 Å². The van der Waals surface area contributed by atoms with Crippen LogP contribution in [0.3, 0.4) is 0 Å². The van der Waals surface area contributed by atoms with E-state index in [1.807, 2.05) is 26.1 Å². The molecule has 3 N–H and O–H groups in total. The van der Waals surface area contributed by atoms with Gasteiger partial charge in [-0.25, -0.2) is 5.43 Å². The number of likely N-dealkylation sites (tertiary alicyclic amines) is 1. The number of nitrogens with one attached hydrogen (secondary N) is 3. The Morgan fingerprint density at radius 1 is 0.975 bits per heavy atom. The Kier molecular flexibility index (Phi) is 28.2. The van der Waals surface area contributed by atoms with E-state index in [9.17, 15) is 4.79 Å². The van der Waals surface area contributed by atoms with Crippen molar-refractivity contribution in [2.45, 2.75) is 223 Å². The van der Waals surface area contributed by atoms with Gasteiger partial charge in [0.25, 0.3) is 0 Å². The van der Waals surface area contributed by atoms with Crippen molar-refractivity contribution in [3.8, 4) is 11.3 Å². The summed E-state index contributed by atoms with van der Waals surface area (Å²) >= 11 is 0. The molecule has 5 atom stereocenters. The molecule has 13 nitrogen and oxygen atoms in total. The number of unbranched alkanes of at least 4 members (excludes halogenated alkanes) is 1. The average Bonchev–Trinajstić information content (AvgIpc) is 3.97. The molecule has 456 valence electrons. The van der Waals surface area contributed by atoms with Gasteiger partial charge in [0.1, 0.15) is 11.9 Å². The molecular formula is C68H115N9O4. The minimum atomic E-state index is -0.343. The fraction of sp³-hybridized carbons (Fsp3) is 0.721. The summed E-state index contributed by atoms with van der Waals surface area (Å²) in [5, 5.41) is 10.9. The Hall–Kier alpha value is -4.27. The number of methoxy groups -OCH3 is 1. The van der Waals surface area contributed by atoms with Gasteiger partial charge in [0, 0.05) is 119 Å². The van der Waals surface area contributed by atoms with Crippen molar-refractivity contribution in [3.05, 3.63) is 72.3 Å². The quantitative estimate of drug-likeness (QED) is 0.0381. The van der Waals surface area contributed by atoms with Gasteiger partial charge in [-0.2, -0.15) is 0 Å². The molecule has 1 aromatic carbocycles. The van der Waals surface area contributed by atoms with Crippen LogP contribution in [0.25, 0.3) is 22.2 Å². The van der Waals surface area contributed by atoms with E-state index >= 15 is 4.79 Å². The van der Waals surface area contributed by atoms with Crippen LogP contribution in [0.2, 0.25) is 0 Å². The number of ether oxygens (including phenoxy) is 2. The molecule has 0 bridgehead atoms. The van der Waals surface area contributed by atoms with E-state index in [1.165, 1.54) is 60.1 Å². The Morgan fingerprint density at radius 3 is 2.37 bits per heavy atom. The average molecular weight is 1120 g/mol. The van der Waals surface area contributed by atoms with Crippen molar-refractivity contribution in [1.82, 2.24) is 40.4 Å². The zero-order valence-corrected chi connectivity index (χ0v) is 53.6. The molecule has 0 saturated carbocycles. The summed E-state index contributed by atoms with van der Waals surface area (Å²) in [5.41, 5.74) is 11.3. The van der Waals surface area contributed by atoms with Crippen molar-refractivity contribution in [2.24, 2.45) is 23.2 Å². The van der Waals surface area contributed by atoms with Gasteiger partial charge in [0.15, 0.2) is 0 Å². The first-order chi connectivity index (χ1) is 39.1. The number of hydrogen-bond donors (Lipinski definition) is 3. The second-order valence-electron chi connectivity index (χ2n) is 24.9. The highest BCUT2D eigenvalue weighted by molar-refractivity contribution is 5.94. The van der Waals surface area contributed by atoms with Crippen molar-refractivity contribution >= 4 is 28.8 Å². The van der Waals surface area contributed by atoms with Crippen LogP contribution in [-0.2, 0) is 32.0 Å². The van der Waals surface area contributed by atoms with Crippen LogP contribution in [0, 0.1) is 23.2 Å². The van der Waals surface area contributed by atoms with E-state index in [0.717, 1.165) is 153 Å². The normalized spacial score (nSPS) is 17.4. The summed E-state index contributed by atoms with van der Waals surface area (Å²) in [6, 6.07) is 11.3. The Balaban J connectivity index is 0.00000595. The molecule has 13 heteroatoms. The van der Waals surface area contributed by atoms with Crippen LogP contribution < -0.4 is 21.0 Å². The van der Waals surface area contributed by atoms with Crippen LogP contribution in [-0.4, -0.2) is 133 Å². The monoisotopic (exact) mass is 1120 g/mol. The molecule has 1 amide bonds. The van der Waals surface area contributed by atoms with Gasteiger partial charge >= 0.3 is 0 Å². The molecule has 3 aliphatic heterocycles. The number of aldehydes is 1. The summed E-state index contributed by atoms with van der Waals surface area (Å²) in [6.07, 6.45) is 22.8. The van der Waals surface area contributed by atoms with Crippen molar-refractivity contribution in [1.29, 1.82) is 0 Å². The Morgan fingerprint density at radius 2 is 1.74 bits per heavy atom. The Bertz CT molecular complexity index is 2360. The molecule has 5 unspecified atom stereocenters. The molecule has 3 aliphatic rings. The second kappa shape index (κ2) is 33.9. The predicted molar refractivity (Wildman–Crippen MR) is 341 cm³/mol. The van der Waals surface area contributed by atoms with Gasteiger partial charge in [-0.15, -0.1) is 0 Å². The van der Waals surface area contributed by atoms with E-state index in [0.29, 0.717) is 18.4 Å². The number of fused-ring (bicyclic) bond motifs is 1. The first kappa shape index (κ1) is 67.5. The predicted octanol–water partition coefficient (Wildman–Crippen LogP) is 13.5. The highest BCUT2D eigenvalue weighted by Crippen LogP contribution is 2.43. The molecule has 5 heterocycles. The summed E-state index contributed by atoms with van der Waals surface area (Å²) in [4.78, 5) is 39.4. The molecule has 1 spiro atoms. The molecule has 3 aromatic rings. The summed E-state index contributed by atoms with van der Waals surface area (Å²) < 4.78 is 14.7. The van der Waals surface area contributed by atoms with Crippen LogP contribution in [0.1, 0.15) is 197 Å². The highest BCUT2D eigenvalue weighted by Gasteiger charge is 2.45. The van der Waals surface area contributed by atoms with Gasteiger partial charge in [-0.05, 0) is 170 Å². The number of aryl methyl sites for hydroxylation is 1. The zero-order valence-electron chi connectivity index (χ0n) is 53.6. The topological polar surface area (TPSA) is 119 Å².